The first-order chi connectivity index (χ1) is 8.04. The molecule has 0 aromatic carbocycles. The number of hydrogen-bond donors (Lipinski definition) is 2. The standard InChI is InChI=1S/C12H21N3O2/c1-9-7-11(15(2)14-9)8-10(12(16)17)5-3-4-6-13/h7,10H,3-6,8,13H2,1-2H3,(H,16,17). The monoisotopic (exact) mass is 239 g/mol. The second kappa shape index (κ2) is 6.39. The van der Waals surface area contributed by atoms with Crippen LogP contribution in [0, 0.1) is 12.8 Å². The number of rotatable bonds is 7. The van der Waals surface area contributed by atoms with Crippen molar-refractivity contribution in [2.75, 3.05) is 6.54 Å². The largest absolute Gasteiger partial charge is 0.481 e. The molecule has 5 heteroatoms. The molecular formula is C12H21N3O2. The fourth-order valence-electron chi connectivity index (χ4n) is 1.96. The van der Waals surface area contributed by atoms with Crippen LogP contribution in [0.25, 0.3) is 0 Å². The molecule has 0 saturated heterocycles. The molecule has 96 valence electrons. The zero-order valence-electron chi connectivity index (χ0n) is 10.5. The van der Waals surface area contributed by atoms with Crippen molar-refractivity contribution in [3.8, 4) is 0 Å². The van der Waals surface area contributed by atoms with E-state index in [1.807, 2.05) is 20.0 Å². The maximum atomic E-state index is 11.2. The van der Waals surface area contributed by atoms with Crippen LogP contribution < -0.4 is 5.73 Å². The minimum Gasteiger partial charge on any atom is -0.481 e. The highest BCUT2D eigenvalue weighted by molar-refractivity contribution is 5.70. The first kappa shape index (κ1) is 13.7. The number of aromatic nitrogens is 2. The molecule has 1 rings (SSSR count). The minimum atomic E-state index is -0.735. The van der Waals surface area contributed by atoms with Gasteiger partial charge in [-0.25, -0.2) is 0 Å². The zero-order valence-corrected chi connectivity index (χ0v) is 10.5. The van der Waals surface area contributed by atoms with E-state index in [1.54, 1.807) is 4.68 Å². The Labute approximate surface area is 102 Å². The Hall–Kier alpha value is -1.36. The molecule has 0 radical (unpaired) electrons. The highest BCUT2D eigenvalue weighted by atomic mass is 16.4. The van der Waals surface area contributed by atoms with Crippen LogP contribution in [-0.2, 0) is 18.3 Å². The average Bonchev–Trinajstić information content (AvgIpc) is 2.56. The van der Waals surface area contributed by atoms with Crippen LogP contribution in [0.5, 0.6) is 0 Å². The van der Waals surface area contributed by atoms with Crippen molar-refractivity contribution in [2.45, 2.75) is 32.6 Å². The number of aryl methyl sites for hydroxylation is 2. The summed E-state index contributed by atoms with van der Waals surface area (Å²) in [6.45, 7) is 2.53. The summed E-state index contributed by atoms with van der Waals surface area (Å²) in [5.74, 6) is -1.07. The third-order valence-electron chi connectivity index (χ3n) is 2.91. The number of hydrogen-bond acceptors (Lipinski definition) is 3. The second-order valence-corrected chi connectivity index (χ2v) is 4.42. The van der Waals surface area contributed by atoms with E-state index in [2.05, 4.69) is 5.10 Å². The van der Waals surface area contributed by atoms with Crippen LogP contribution in [0.2, 0.25) is 0 Å². The van der Waals surface area contributed by atoms with E-state index in [0.717, 1.165) is 24.2 Å². The molecule has 3 N–H and O–H groups in total. The summed E-state index contributed by atoms with van der Waals surface area (Å²) < 4.78 is 1.76. The minimum absolute atomic E-state index is 0.337. The molecule has 0 spiro atoms. The molecule has 1 aromatic heterocycles. The van der Waals surface area contributed by atoms with Crippen LogP contribution in [0.3, 0.4) is 0 Å². The predicted octanol–water partition coefficient (Wildman–Crippen LogP) is 1.10. The number of nitrogens with two attached hydrogens (primary N) is 1. The molecule has 0 bridgehead atoms. The second-order valence-electron chi connectivity index (χ2n) is 4.42. The highest BCUT2D eigenvalue weighted by Gasteiger charge is 2.19. The van der Waals surface area contributed by atoms with Gasteiger partial charge in [0, 0.05) is 19.2 Å². The molecule has 1 unspecified atom stereocenters. The van der Waals surface area contributed by atoms with Gasteiger partial charge in [0.25, 0.3) is 0 Å². The Balaban J connectivity index is 2.60. The van der Waals surface area contributed by atoms with Gasteiger partial charge >= 0.3 is 5.97 Å². The van der Waals surface area contributed by atoms with Crippen molar-refractivity contribution in [2.24, 2.45) is 18.7 Å². The van der Waals surface area contributed by atoms with Gasteiger partial charge in [-0.3, -0.25) is 9.48 Å². The molecule has 0 aliphatic rings. The molecule has 0 saturated carbocycles. The summed E-state index contributed by atoms with van der Waals surface area (Å²) in [4.78, 5) is 11.2. The summed E-state index contributed by atoms with van der Waals surface area (Å²) >= 11 is 0. The van der Waals surface area contributed by atoms with Gasteiger partial charge < -0.3 is 10.8 Å². The Morgan fingerprint density at radius 3 is 2.76 bits per heavy atom. The Morgan fingerprint density at radius 1 is 1.59 bits per heavy atom. The first-order valence-corrected chi connectivity index (χ1v) is 5.97. The number of nitrogens with zero attached hydrogens (tertiary/aromatic N) is 2. The van der Waals surface area contributed by atoms with E-state index in [0.29, 0.717) is 19.4 Å². The van der Waals surface area contributed by atoms with E-state index in [1.165, 1.54) is 0 Å². The van der Waals surface area contributed by atoms with Gasteiger partial charge in [-0.1, -0.05) is 6.42 Å². The molecule has 0 amide bonds. The predicted molar refractivity (Wildman–Crippen MR) is 65.7 cm³/mol. The molecular weight excluding hydrogens is 218 g/mol. The molecule has 17 heavy (non-hydrogen) atoms. The fourth-order valence-corrected chi connectivity index (χ4v) is 1.96. The molecule has 0 fully saturated rings. The lowest BCUT2D eigenvalue weighted by molar-refractivity contribution is -0.142. The number of carbonyl (C=O) groups is 1. The van der Waals surface area contributed by atoms with Crippen LogP contribution in [-0.4, -0.2) is 27.4 Å². The molecule has 1 aromatic rings. The summed E-state index contributed by atoms with van der Waals surface area (Å²) in [5, 5.41) is 13.4. The van der Waals surface area contributed by atoms with Crippen molar-refractivity contribution < 1.29 is 9.90 Å². The van der Waals surface area contributed by atoms with Gasteiger partial charge in [-0.05, 0) is 32.4 Å². The van der Waals surface area contributed by atoms with E-state index in [-0.39, 0.29) is 5.92 Å². The number of unbranched alkanes of at least 4 members (excludes halogenated alkanes) is 1. The third-order valence-corrected chi connectivity index (χ3v) is 2.91. The molecule has 0 aliphatic carbocycles. The van der Waals surface area contributed by atoms with Crippen molar-refractivity contribution in [1.82, 2.24) is 9.78 Å². The van der Waals surface area contributed by atoms with Gasteiger partial charge in [0.15, 0.2) is 0 Å². The first-order valence-electron chi connectivity index (χ1n) is 5.97. The lowest BCUT2D eigenvalue weighted by Crippen LogP contribution is -2.18. The smallest absolute Gasteiger partial charge is 0.306 e. The van der Waals surface area contributed by atoms with Crippen LogP contribution in [0.15, 0.2) is 6.07 Å². The molecule has 0 aliphatic heterocycles. The van der Waals surface area contributed by atoms with Gasteiger partial charge in [0.05, 0.1) is 11.6 Å². The van der Waals surface area contributed by atoms with Crippen molar-refractivity contribution in [1.29, 1.82) is 0 Å². The molecule has 5 nitrogen and oxygen atoms in total. The van der Waals surface area contributed by atoms with Crippen LogP contribution in [0.4, 0.5) is 0 Å². The maximum absolute atomic E-state index is 11.2. The molecule has 1 atom stereocenters. The van der Waals surface area contributed by atoms with Gasteiger partial charge in [0.2, 0.25) is 0 Å². The fraction of sp³-hybridized carbons (Fsp3) is 0.667. The van der Waals surface area contributed by atoms with E-state index >= 15 is 0 Å². The Morgan fingerprint density at radius 2 is 2.29 bits per heavy atom. The van der Waals surface area contributed by atoms with E-state index in [9.17, 15) is 9.90 Å². The van der Waals surface area contributed by atoms with E-state index in [4.69, 9.17) is 5.73 Å². The van der Waals surface area contributed by atoms with E-state index < -0.39 is 5.97 Å². The summed E-state index contributed by atoms with van der Waals surface area (Å²) in [5.41, 5.74) is 7.31. The summed E-state index contributed by atoms with van der Waals surface area (Å²) in [7, 11) is 1.85. The SMILES string of the molecule is Cc1cc(CC(CCCCN)C(=O)O)n(C)n1. The summed E-state index contributed by atoms with van der Waals surface area (Å²) in [6.07, 6.45) is 2.96. The van der Waals surface area contributed by atoms with Gasteiger partial charge in [-0.15, -0.1) is 0 Å². The van der Waals surface area contributed by atoms with Crippen molar-refractivity contribution in [3.63, 3.8) is 0 Å². The quantitative estimate of drug-likeness (QED) is 0.698. The Kier molecular flexibility index (Phi) is 5.15. The summed E-state index contributed by atoms with van der Waals surface area (Å²) in [6, 6.07) is 1.94. The van der Waals surface area contributed by atoms with Crippen LogP contribution in [0.1, 0.15) is 30.7 Å². The number of carboxylic acid groups (broad SMARTS) is 1. The van der Waals surface area contributed by atoms with Gasteiger partial charge in [-0.2, -0.15) is 5.10 Å². The lowest BCUT2D eigenvalue weighted by Gasteiger charge is -2.11. The average molecular weight is 239 g/mol. The zero-order chi connectivity index (χ0) is 12.8. The van der Waals surface area contributed by atoms with Crippen molar-refractivity contribution >= 4 is 5.97 Å². The topological polar surface area (TPSA) is 81.1 Å². The maximum Gasteiger partial charge on any atom is 0.306 e. The van der Waals surface area contributed by atoms with Crippen LogP contribution >= 0.6 is 0 Å². The third kappa shape index (κ3) is 4.19. The lowest BCUT2D eigenvalue weighted by atomic mass is 9.96. The highest BCUT2D eigenvalue weighted by Crippen LogP contribution is 2.16. The van der Waals surface area contributed by atoms with Gasteiger partial charge in [0.1, 0.15) is 0 Å². The normalized spacial score (nSPS) is 12.6. The Bertz CT molecular complexity index is 374. The number of carboxylic acids is 1. The number of aliphatic carboxylic acids is 1. The molecule has 1 heterocycles. The van der Waals surface area contributed by atoms with Crippen molar-refractivity contribution in [3.05, 3.63) is 17.5 Å².